The van der Waals surface area contributed by atoms with Gasteiger partial charge in [0.2, 0.25) is 0 Å². The van der Waals surface area contributed by atoms with Crippen LogP contribution in [0.5, 0.6) is 0 Å². The quantitative estimate of drug-likeness (QED) is 0.840. The van der Waals surface area contributed by atoms with Crippen molar-refractivity contribution >= 4 is 0 Å². The van der Waals surface area contributed by atoms with Gasteiger partial charge >= 0.3 is 0 Å². The summed E-state index contributed by atoms with van der Waals surface area (Å²) in [5.74, 6) is 1.25. The van der Waals surface area contributed by atoms with E-state index in [0.29, 0.717) is 5.92 Å². The molecule has 0 N–H and O–H groups in total. The Labute approximate surface area is 123 Å². The summed E-state index contributed by atoms with van der Waals surface area (Å²) in [5, 5.41) is 4.87. The monoisotopic (exact) mass is 278 g/mol. The zero-order valence-corrected chi connectivity index (χ0v) is 14.0. The van der Waals surface area contributed by atoms with Gasteiger partial charge in [-0.05, 0) is 36.5 Å². The Hall–Kier alpha value is -0.830. The first kappa shape index (κ1) is 15.6. The molecule has 1 aromatic rings. The van der Waals surface area contributed by atoms with E-state index in [4.69, 9.17) is 9.84 Å². The molecule has 3 heteroatoms. The number of hydrogen-bond acceptors (Lipinski definition) is 2. The first-order valence-electron chi connectivity index (χ1n) is 7.94. The minimum atomic E-state index is 0.161. The largest absolute Gasteiger partial charge is 0.381 e. The van der Waals surface area contributed by atoms with Gasteiger partial charge in [0, 0.05) is 31.5 Å². The SMILES string of the molecule is CC(C)c1c(C(C)(C)C)c(CC2CCOCC2)nn1C. The van der Waals surface area contributed by atoms with Crippen molar-refractivity contribution in [2.75, 3.05) is 13.2 Å². The number of aryl methyl sites for hydroxylation is 1. The summed E-state index contributed by atoms with van der Waals surface area (Å²) in [5.41, 5.74) is 4.35. The Morgan fingerprint density at radius 1 is 1.25 bits per heavy atom. The highest BCUT2D eigenvalue weighted by Crippen LogP contribution is 2.35. The second-order valence-electron chi connectivity index (χ2n) is 7.50. The van der Waals surface area contributed by atoms with E-state index in [9.17, 15) is 0 Å². The molecule has 0 bridgehead atoms. The average molecular weight is 278 g/mol. The summed E-state index contributed by atoms with van der Waals surface area (Å²) in [6, 6.07) is 0. The lowest BCUT2D eigenvalue weighted by Crippen LogP contribution is -2.21. The highest BCUT2D eigenvalue weighted by molar-refractivity contribution is 5.35. The van der Waals surface area contributed by atoms with E-state index >= 15 is 0 Å². The minimum Gasteiger partial charge on any atom is -0.381 e. The summed E-state index contributed by atoms with van der Waals surface area (Å²) < 4.78 is 7.59. The van der Waals surface area contributed by atoms with Crippen LogP contribution in [0.4, 0.5) is 0 Å². The van der Waals surface area contributed by atoms with Crippen molar-refractivity contribution in [2.45, 2.75) is 65.2 Å². The van der Waals surface area contributed by atoms with Crippen LogP contribution >= 0.6 is 0 Å². The van der Waals surface area contributed by atoms with Gasteiger partial charge in [0.05, 0.1) is 5.69 Å². The Kier molecular flexibility index (Phi) is 4.58. The van der Waals surface area contributed by atoms with Gasteiger partial charge in [-0.3, -0.25) is 4.68 Å². The van der Waals surface area contributed by atoms with Crippen molar-refractivity contribution in [1.82, 2.24) is 9.78 Å². The van der Waals surface area contributed by atoms with E-state index in [1.165, 1.54) is 29.8 Å². The van der Waals surface area contributed by atoms with Gasteiger partial charge in [-0.15, -0.1) is 0 Å². The second-order valence-corrected chi connectivity index (χ2v) is 7.50. The third kappa shape index (κ3) is 3.25. The summed E-state index contributed by atoms with van der Waals surface area (Å²) in [6.07, 6.45) is 3.46. The van der Waals surface area contributed by atoms with E-state index in [2.05, 4.69) is 46.3 Å². The fourth-order valence-electron chi connectivity index (χ4n) is 3.44. The van der Waals surface area contributed by atoms with Crippen LogP contribution in [-0.4, -0.2) is 23.0 Å². The molecule has 2 heterocycles. The second kappa shape index (κ2) is 5.88. The molecule has 20 heavy (non-hydrogen) atoms. The van der Waals surface area contributed by atoms with Gasteiger partial charge in [0.25, 0.3) is 0 Å². The number of ether oxygens (including phenoxy) is 1. The molecule has 3 nitrogen and oxygen atoms in total. The van der Waals surface area contributed by atoms with Crippen LogP contribution in [0.25, 0.3) is 0 Å². The first-order valence-corrected chi connectivity index (χ1v) is 7.94. The van der Waals surface area contributed by atoms with Crippen LogP contribution in [0.15, 0.2) is 0 Å². The normalized spacial score (nSPS) is 17.9. The Morgan fingerprint density at radius 3 is 2.35 bits per heavy atom. The van der Waals surface area contributed by atoms with Gasteiger partial charge < -0.3 is 4.74 Å². The molecule has 1 fully saturated rings. The maximum absolute atomic E-state index is 5.48. The molecular formula is C17H30N2O. The summed E-state index contributed by atoms with van der Waals surface area (Å²) >= 11 is 0. The third-order valence-electron chi connectivity index (χ3n) is 4.28. The molecule has 0 radical (unpaired) electrons. The van der Waals surface area contributed by atoms with Crippen molar-refractivity contribution in [3.8, 4) is 0 Å². The molecule has 1 aromatic heterocycles. The van der Waals surface area contributed by atoms with Crippen LogP contribution < -0.4 is 0 Å². The lowest BCUT2D eigenvalue weighted by molar-refractivity contribution is 0.0661. The molecule has 114 valence electrons. The molecule has 0 atom stereocenters. The minimum absolute atomic E-state index is 0.161. The van der Waals surface area contributed by atoms with E-state index in [1.54, 1.807) is 0 Å². The van der Waals surface area contributed by atoms with Crippen molar-refractivity contribution in [2.24, 2.45) is 13.0 Å². The molecule has 0 spiro atoms. The summed E-state index contributed by atoms with van der Waals surface area (Å²) in [6.45, 7) is 13.3. The molecule has 0 amide bonds. The molecule has 0 aromatic carbocycles. The van der Waals surface area contributed by atoms with E-state index in [-0.39, 0.29) is 5.41 Å². The van der Waals surface area contributed by atoms with Crippen molar-refractivity contribution in [3.63, 3.8) is 0 Å². The van der Waals surface area contributed by atoms with Crippen LogP contribution in [0.3, 0.4) is 0 Å². The van der Waals surface area contributed by atoms with Crippen molar-refractivity contribution in [1.29, 1.82) is 0 Å². The molecule has 0 unspecified atom stereocenters. The van der Waals surface area contributed by atoms with Gasteiger partial charge in [-0.1, -0.05) is 34.6 Å². The number of nitrogens with zero attached hydrogens (tertiary/aromatic N) is 2. The van der Waals surface area contributed by atoms with Gasteiger partial charge in [0.15, 0.2) is 0 Å². The maximum Gasteiger partial charge on any atom is 0.0667 e. The predicted molar refractivity (Wildman–Crippen MR) is 83.2 cm³/mol. The Morgan fingerprint density at radius 2 is 1.85 bits per heavy atom. The van der Waals surface area contributed by atoms with Crippen molar-refractivity contribution < 1.29 is 4.74 Å². The highest BCUT2D eigenvalue weighted by atomic mass is 16.5. The van der Waals surface area contributed by atoms with E-state index < -0.39 is 0 Å². The molecule has 1 saturated heterocycles. The standard InChI is InChI=1S/C17H30N2O/c1-12(2)16-15(17(3,4)5)14(18-19(16)6)11-13-7-9-20-10-8-13/h12-13H,7-11H2,1-6H3. The van der Waals surface area contributed by atoms with Gasteiger partial charge in [-0.2, -0.15) is 5.10 Å². The Balaban J connectivity index is 2.34. The summed E-state index contributed by atoms with van der Waals surface area (Å²) in [4.78, 5) is 0. The predicted octanol–water partition coefficient (Wildman–Crippen LogP) is 3.81. The lowest BCUT2D eigenvalue weighted by Gasteiger charge is -2.25. The molecule has 1 aliphatic heterocycles. The smallest absolute Gasteiger partial charge is 0.0667 e. The topological polar surface area (TPSA) is 27.1 Å². The van der Waals surface area contributed by atoms with E-state index in [1.807, 2.05) is 0 Å². The number of aromatic nitrogens is 2. The van der Waals surface area contributed by atoms with Crippen LogP contribution in [0, 0.1) is 5.92 Å². The van der Waals surface area contributed by atoms with Crippen LogP contribution in [0.1, 0.15) is 70.3 Å². The number of rotatable bonds is 3. The fraction of sp³-hybridized carbons (Fsp3) is 0.824. The third-order valence-corrected chi connectivity index (χ3v) is 4.28. The Bertz CT molecular complexity index is 448. The van der Waals surface area contributed by atoms with E-state index in [0.717, 1.165) is 25.6 Å². The zero-order chi connectivity index (χ0) is 14.9. The number of hydrogen-bond donors (Lipinski definition) is 0. The molecule has 1 aliphatic rings. The highest BCUT2D eigenvalue weighted by Gasteiger charge is 2.29. The van der Waals surface area contributed by atoms with Crippen LogP contribution in [-0.2, 0) is 23.6 Å². The zero-order valence-electron chi connectivity index (χ0n) is 14.0. The van der Waals surface area contributed by atoms with Gasteiger partial charge in [0.1, 0.15) is 0 Å². The van der Waals surface area contributed by atoms with Gasteiger partial charge in [-0.25, -0.2) is 0 Å². The fourth-order valence-corrected chi connectivity index (χ4v) is 3.44. The molecule has 2 rings (SSSR count). The maximum atomic E-state index is 5.48. The summed E-state index contributed by atoms with van der Waals surface area (Å²) in [7, 11) is 2.10. The van der Waals surface area contributed by atoms with Crippen molar-refractivity contribution in [3.05, 3.63) is 17.0 Å². The molecular weight excluding hydrogens is 248 g/mol. The average Bonchev–Trinajstić information content (AvgIpc) is 2.67. The lowest BCUT2D eigenvalue weighted by atomic mass is 9.80. The van der Waals surface area contributed by atoms with Crippen LogP contribution in [0.2, 0.25) is 0 Å². The first-order chi connectivity index (χ1) is 9.30. The molecule has 0 aliphatic carbocycles. The molecule has 0 saturated carbocycles.